The Morgan fingerprint density at radius 3 is 2.76 bits per heavy atom. The Morgan fingerprint density at radius 2 is 2.14 bits per heavy atom. The summed E-state index contributed by atoms with van der Waals surface area (Å²) < 4.78 is 26.8. The number of hydrogen-bond donors (Lipinski definition) is 1. The van der Waals surface area contributed by atoms with Crippen molar-refractivity contribution >= 4 is 21.5 Å². The number of nitrogens with one attached hydrogen (secondary N) is 1. The van der Waals surface area contributed by atoms with Crippen LogP contribution in [0.2, 0.25) is 0 Å². The van der Waals surface area contributed by atoms with Crippen LogP contribution in [-0.4, -0.2) is 30.9 Å². The Balaban J connectivity index is 2.06. The van der Waals surface area contributed by atoms with Gasteiger partial charge in [0.2, 0.25) is 0 Å². The van der Waals surface area contributed by atoms with Gasteiger partial charge >= 0.3 is 0 Å². The molecule has 1 aliphatic rings. The zero-order valence-corrected chi connectivity index (χ0v) is 12.6. The van der Waals surface area contributed by atoms with Gasteiger partial charge in [0, 0.05) is 12.1 Å². The molecule has 21 heavy (non-hydrogen) atoms. The quantitative estimate of drug-likeness (QED) is 0.874. The van der Waals surface area contributed by atoms with E-state index < -0.39 is 10.0 Å². The molecule has 0 aliphatic carbocycles. The van der Waals surface area contributed by atoms with Crippen LogP contribution in [0.3, 0.4) is 0 Å². The lowest BCUT2D eigenvalue weighted by Gasteiger charge is -2.19. The SMILES string of the molecule is CC(=O)c1ccc2c(c1)CCN2S(=O)(=O)c1cn[nH]c1C. The Hall–Kier alpha value is -2.15. The first-order valence-corrected chi connectivity index (χ1v) is 8.02. The van der Waals surface area contributed by atoms with E-state index in [9.17, 15) is 13.2 Å². The van der Waals surface area contributed by atoms with E-state index in [0.717, 1.165) is 5.56 Å². The third-order valence-corrected chi connectivity index (χ3v) is 5.62. The molecule has 0 bridgehead atoms. The van der Waals surface area contributed by atoms with Crippen molar-refractivity contribution in [1.82, 2.24) is 10.2 Å². The van der Waals surface area contributed by atoms with Gasteiger partial charge < -0.3 is 0 Å². The lowest BCUT2D eigenvalue weighted by molar-refractivity contribution is 0.101. The summed E-state index contributed by atoms with van der Waals surface area (Å²) in [5.41, 5.74) is 2.64. The smallest absolute Gasteiger partial charge is 0.267 e. The number of carbonyl (C=O) groups is 1. The summed E-state index contributed by atoms with van der Waals surface area (Å²) in [6.07, 6.45) is 1.93. The Kier molecular flexibility index (Phi) is 3.09. The average molecular weight is 305 g/mol. The van der Waals surface area contributed by atoms with Crippen LogP contribution in [0.5, 0.6) is 0 Å². The maximum absolute atomic E-state index is 12.7. The first-order valence-electron chi connectivity index (χ1n) is 6.58. The molecule has 1 aliphatic heterocycles. The molecule has 0 unspecified atom stereocenters. The fraction of sp³-hybridized carbons (Fsp3) is 0.286. The van der Waals surface area contributed by atoms with Gasteiger partial charge in [-0.15, -0.1) is 0 Å². The van der Waals surface area contributed by atoms with Gasteiger partial charge in [-0.05, 0) is 44.0 Å². The van der Waals surface area contributed by atoms with Gasteiger partial charge in [-0.2, -0.15) is 5.10 Å². The number of aromatic amines is 1. The molecular weight excluding hydrogens is 290 g/mol. The normalized spacial score (nSPS) is 14.3. The monoisotopic (exact) mass is 305 g/mol. The summed E-state index contributed by atoms with van der Waals surface area (Å²) in [7, 11) is -3.62. The number of rotatable bonds is 3. The van der Waals surface area contributed by atoms with Gasteiger partial charge in [-0.25, -0.2) is 8.42 Å². The summed E-state index contributed by atoms with van der Waals surface area (Å²) in [6, 6.07) is 5.14. The summed E-state index contributed by atoms with van der Waals surface area (Å²) in [6.45, 7) is 3.55. The predicted octanol–water partition coefficient (Wildman–Crippen LogP) is 1.67. The molecule has 0 saturated heterocycles. The zero-order valence-electron chi connectivity index (χ0n) is 11.8. The van der Waals surface area contributed by atoms with Crippen LogP contribution in [0, 0.1) is 6.92 Å². The maximum Gasteiger partial charge on any atom is 0.267 e. The van der Waals surface area contributed by atoms with Crippen molar-refractivity contribution in [2.75, 3.05) is 10.8 Å². The standard InChI is InChI=1S/C14H15N3O3S/c1-9-14(8-15-16-9)21(19,20)17-6-5-12-7-11(10(2)18)3-4-13(12)17/h3-4,7-8H,5-6H2,1-2H3,(H,15,16). The number of sulfonamides is 1. The highest BCUT2D eigenvalue weighted by Crippen LogP contribution is 2.34. The Morgan fingerprint density at radius 1 is 1.38 bits per heavy atom. The third kappa shape index (κ3) is 2.13. The van der Waals surface area contributed by atoms with Crippen molar-refractivity contribution in [3.63, 3.8) is 0 Å². The van der Waals surface area contributed by atoms with E-state index in [4.69, 9.17) is 0 Å². The molecule has 110 valence electrons. The highest BCUT2D eigenvalue weighted by atomic mass is 32.2. The first kappa shape index (κ1) is 13.8. The predicted molar refractivity (Wildman–Crippen MR) is 78.0 cm³/mol. The molecule has 0 atom stereocenters. The van der Waals surface area contributed by atoms with Crippen molar-refractivity contribution in [3.05, 3.63) is 41.2 Å². The molecule has 7 heteroatoms. The summed E-state index contributed by atoms with van der Waals surface area (Å²) in [5.74, 6) is -0.0233. The molecule has 0 saturated carbocycles. The number of anilines is 1. The van der Waals surface area contributed by atoms with Gasteiger partial charge in [-0.3, -0.25) is 14.2 Å². The van der Waals surface area contributed by atoms with Crippen LogP contribution >= 0.6 is 0 Å². The molecule has 0 fully saturated rings. The minimum Gasteiger partial charge on any atom is -0.295 e. The lowest BCUT2D eigenvalue weighted by atomic mass is 10.1. The fourth-order valence-electron chi connectivity index (χ4n) is 2.56. The van der Waals surface area contributed by atoms with E-state index in [1.807, 2.05) is 0 Å². The zero-order chi connectivity index (χ0) is 15.2. The second-order valence-corrected chi connectivity index (χ2v) is 6.92. The largest absolute Gasteiger partial charge is 0.295 e. The minimum atomic E-state index is -3.62. The number of aromatic nitrogens is 2. The molecule has 0 spiro atoms. The van der Waals surface area contributed by atoms with Gasteiger partial charge in [0.15, 0.2) is 5.78 Å². The van der Waals surface area contributed by atoms with Crippen molar-refractivity contribution in [2.45, 2.75) is 25.2 Å². The highest BCUT2D eigenvalue weighted by Gasteiger charge is 2.32. The molecule has 6 nitrogen and oxygen atoms in total. The molecule has 2 heterocycles. The van der Waals surface area contributed by atoms with Crippen molar-refractivity contribution in [3.8, 4) is 0 Å². The number of aryl methyl sites for hydroxylation is 1. The van der Waals surface area contributed by atoms with Crippen LogP contribution in [-0.2, 0) is 16.4 Å². The van der Waals surface area contributed by atoms with E-state index in [0.29, 0.717) is 29.9 Å². The second kappa shape index (κ2) is 4.70. The topological polar surface area (TPSA) is 83.1 Å². The number of nitrogens with zero attached hydrogens (tertiary/aromatic N) is 2. The van der Waals surface area contributed by atoms with E-state index in [1.54, 1.807) is 25.1 Å². The summed E-state index contributed by atoms with van der Waals surface area (Å²) >= 11 is 0. The van der Waals surface area contributed by atoms with Crippen molar-refractivity contribution in [1.29, 1.82) is 0 Å². The molecular formula is C14H15N3O3S. The first-order chi connectivity index (χ1) is 9.91. The number of ketones is 1. The van der Waals surface area contributed by atoms with Crippen LogP contribution in [0.1, 0.15) is 28.5 Å². The lowest BCUT2D eigenvalue weighted by Crippen LogP contribution is -2.29. The van der Waals surface area contributed by atoms with Crippen molar-refractivity contribution < 1.29 is 13.2 Å². The van der Waals surface area contributed by atoms with E-state index in [1.165, 1.54) is 17.4 Å². The second-order valence-electron chi connectivity index (χ2n) is 5.09. The average Bonchev–Trinajstić information content (AvgIpc) is 3.03. The molecule has 1 aromatic carbocycles. The molecule has 0 radical (unpaired) electrons. The summed E-state index contributed by atoms with van der Waals surface area (Å²) in [5, 5.41) is 6.42. The van der Waals surface area contributed by atoms with Gasteiger partial charge in [-0.1, -0.05) is 0 Å². The van der Waals surface area contributed by atoms with Crippen molar-refractivity contribution in [2.24, 2.45) is 0 Å². The number of benzene rings is 1. The van der Waals surface area contributed by atoms with Crippen LogP contribution in [0.4, 0.5) is 5.69 Å². The number of Topliss-reactive ketones (excluding diaryl/α,β-unsaturated/α-hetero) is 1. The highest BCUT2D eigenvalue weighted by molar-refractivity contribution is 7.92. The van der Waals surface area contributed by atoms with Gasteiger partial charge in [0.25, 0.3) is 10.0 Å². The molecule has 1 N–H and O–H groups in total. The fourth-order valence-corrected chi connectivity index (χ4v) is 4.18. The number of hydrogen-bond acceptors (Lipinski definition) is 4. The Bertz CT molecular complexity index is 824. The molecule has 1 aromatic heterocycles. The minimum absolute atomic E-state index is 0.0233. The van der Waals surface area contributed by atoms with E-state index in [-0.39, 0.29) is 10.7 Å². The van der Waals surface area contributed by atoms with Crippen LogP contribution < -0.4 is 4.31 Å². The van der Waals surface area contributed by atoms with Gasteiger partial charge in [0.1, 0.15) is 4.90 Å². The van der Waals surface area contributed by atoms with E-state index >= 15 is 0 Å². The summed E-state index contributed by atoms with van der Waals surface area (Å²) in [4.78, 5) is 11.6. The van der Waals surface area contributed by atoms with Gasteiger partial charge in [0.05, 0.1) is 17.6 Å². The number of fused-ring (bicyclic) bond motifs is 1. The Labute approximate surface area is 122 Å². The van der Waals surface area contributed by atoms with Crippen LogP contribution in [0.25, 0.3) is 0 Å². The van der Waals surface area contributed by atoms with Crippen LogP contribution in [0.15, 0.2) is 29.3 Å². The molecule has 3 rings (SSSR count). The molecule has 0 amide bonds. The van der Waals surface area contributed by atoms with E-state index in [2.05, 4.69) is 10.2 Å². The molecule has 2 aromatic rings. The maximum atomic E-state index is 12.7. The third-order valence-electron chi connectivity index (χ3n) is 3.69. The number of carbonyl (C=O) groups excluding carboxylic acids is 1. The number of H-pyrrole nitrogens is 1.